The Balaban J connectivity index is 2.78. The summed E-state index contributed by atoms with van der Waals surface area (Å²) < 4.78 is 5.40. The maximum absolute atomic E-state index is 12.5. The van der Waals surface area contributed by atoms with Crippen molar-refractivity contribution in [3.63, 3.8) is 0 Å². The van der Waals surface area contributed by atoms with Gasteiger partial charge in [-0.1, -0.05) is 38.6 Å². The third kappa shape index (κ3) is 3.89. The number of thioether (sulfide) groups is 1. The van der Waals surface area contributed by atoms with Crippen LogP contribution in [0.5, 0.6) is 5.75 Å². The Morgan fingerprint density at radius 3 is 2.62 bits per heavy atom. The molecule has 0 saturated carbocycles. The van der Waals surface area contributed by atoms with Crippen LogP contribution in [0.2, 0.25) is 0 Å². The molecule has 136 valence electrons. The lowest BCUT2D eigenvalue weighted by atomic mass is 9.95. The fraction of sp³-hybridized carbons (Fsp3) is 0.333. The summed E-state index contributed by atoms with van der Waals surface area (Å²) in [6.07, 6.45) is 1.76. The quantitative estimate of drug-likeness (QED) is 0.631. The van der Waals surface area contributed by atoms with E-state index in [1.807, 2.05) is 6.07 Å². The predicted octanol–water partition coefficient (Wildman–Crippen LogP) is 3.02. The van der Waals surface area contributed by atoms with Gasteiger partial charge in [-0.2, -0.15) is 5.26 Å². The van der Waals surface area contributed by atoms with Crippen molar-refractivity contribution in [2.24, 2.45) is 5.41 Å². The second-order valence-corrected chi connectivity index (χ2v) is 7.29. The highest BCUT2D eigenvalue weighted by atomic mass is 32.2. The largest absolute Gasteiger partial charge is 0.496 e. The highest BCUT2D eigenvalue weighted by Gasteiger charge is 2.25. The van der Waals surface area contributed by atoms with Crippen LogP contribution >= 0.6 is 11.8 Å². The van der Waals surface area contributed by atoms with Crippen LogP contribution in [0.1, 0.15) is 26.3 Å². The van der Waals surface area contributed by atoms with Crippen molar-refractivity contribution in [3.8, 4) is 23.1 Å². The van der Waals surface area contributed by atoms with E-state index in [1.165, 1.54) is 18.9 Å². The number of methoxy groups -OCH3 is 1. The molecule has 0 bridgehead atoms. The van der Waals surface area contributed by atoms with E-state index in [1.54, 1.807) is 45.2 Å². The van der Waals surface area contributed by atoms with Gasteiger partial charge in [0, 0.05) is 5.41 Å². The summed E-state index contributed by atoms with van der Waals surface area (Å²) in [6.45, 7) is 5.38. The standard InChI is InChI=1S/C18H20N4O3S/c1-18(2,3)16(24)20-11-7-6-8-12(25-4)13(11)14-10(9-19)15(23)22-17(21-14)26-5/h6-8H,1-5H3,(H,20,24)(H,21,22,23). The Morgan fingerprint density at radius 1 is 1.38 bits per heavy atom. The minimum Gasteiger partial charge on any atom is -0.496 e. The zero-order valence-electron chi connectivity index (χ0n) is 15.3. The monoisotopic (exact) mass is 372 g/mol. The normalized spacial score (nSPS) is 10.9. The lowest BCUT2D eigenvalue weighted by Crippen LogP contribution is -2.28. The molecule has 0 saturated heterocycles. The lowest BCUT2D eigenvalue weighted by molar-refractivity contribution is -0.123. The number of hydrogen-bond donors (Lipinski definition) is 2. The van der Waals surface area contributed by atoms with Crippen LogP contribution in [0.4, 0.5) is 5.69 Å². The van der Waals surface area contributed by atoms with Crippen molar-refractivity contribution in [1.82, 2.24) is 9.97 Å². The molecular formula is C18H20N4O3S. The molecule has 0 aliphatic heterocycles. The molecule has 1 amide bonds. The maximum Gasteiger partial charge on any atom is 0.270 e. The summed E-state index contributed by atoms with van der Waals surface area (Å²) in [5.41, 5.74) is -0.317. The lowest BCUT2D eigenvalue weighted by Gasteiger charge is -2.20. The number of carbonyl (C=O) groups excluding carboxylic acids is 1. The molecule has 2 N–H and O–H groups in total. The molecule has 0 aliphatic carbocycles. The summed E-state index contributed by atoms with van der Waals surface area (Å²) in [5.74, 6) is 0.193. The Labute approximate surface area is 155 Å². The fourth-order valence-electron chi connectivity index (χ4n) is 2.19. The van der Waals surface area contributed by atoms with Crippen molar-refractivity contribution in [2.45, 2.75) is 25.9 Å². The van der Waals surface area contributed by atoms with Crippen LogP contribution in [0, 0.1) is 16.7 Å². The van der Waals surface area contributed by atoms with Crippen LogP contribution < -0.4 is 15.6 Å². The molecule has 0 spiro atoms. The number of nitriles is 1. The minimum absolute atomic E-state index is 0.140. The van der Waals surface area contributed by atoms with Gasteiger partial charge in [-0.25, -0.2) is 4.98 Å². The zero-order chi connectivity index (χ0) is 19.5. The van der Waals surface area contributed by atoms with E-state index < -0.39 is 11.0 Å². The van der Waals surface area contributed by atoms with E-state index in [2.05, 4.69) is 15.3 Å². The first-order valence-electron chi connectivity index (χ1n) is 7.80. The molecule has 8 heteroatoms. The zero-order valence-corrected chi connectivity index (χ0v) is 16.1. The number of aromatic amines is 1. The van der Waals surface area contributed by atoms with Crippen LogP contribution in [0.25, 0.3) is 11.3 Å². The van der Waals surface area contributed by atoms with Crippen molar-refractivity contribution in [1.29, 1.82) is 5.26 Å². The average molecular weight is 372 g/mol. The number of nitrogens with one attached hydrogen (secondary N) is 2. The Hall–Kier alpha value is -2.79. The first-order valence-corrected chi connectivity index (χ1v) is 9.02. The van der Waals surface area contributed by atoms with Gasteiger partial charge in [-0.05, 0) is 18.4 Å². The molecule has 26 heavy (non-hydrogen) atoms. The molecule has 0 fully saturated rings. The number of amides is 1. The summed E-state index contributed by atoms with van der Waals surface area (Å²) in [5, 5.41) is 12.7. The third-order valence-electron chi connectivity index (χ3n) is 3.62. The number of rotatable bonds is 4. The Morgan fingerprint density at radius 2 is 2.08 bits per heavy atom. The van der Waals surface area contributed by atoms with Gasteiger partial charge in [0.2, 0.25) is 5.91 Å². The molecule has 0 atom stereocenters. The van der Waals surface area contributed by atoms with Gasteiger partial charge >= 0.3 is 0 Å². The van der Waals surface area contributed by atoms with E-state index in [-0.39, 0.29) is 17.2 Å². The van der Waals surface area contributed by atoms with Gasteiger partial charge < -0.3 is 15.0 Å². The van der Waals surface area contributed by atoms with Crippen LogP contribution in [0.3, 0.4) is 0 Å². The minimum atomic E-state index is -0.621. The number of hydrogen-bond acceptors (Lipinski definition) is 6. The van der Waals surface area contributed by atoms with Crippen molar-refractivity contribution < 1.29 is 9.53 Å². The van der Waals surface area contributed by atoms with E-state index in [0.29, 0.717) is 22.2 Å². The second kappa shape index (κ2) is 7.62. The molecule has 7 nitrogen and oxygen atoms in total. The van der Waals surface area contributed by atoms with E-state index in [4.69, 9.17) is 4.74 Å². The van der Waals surface area contributed by atoms with Gasteiger partial charge in [-0.3, -0.25) is 9.59 Å². The predicted molar refractivity (Wildman–Crippen MR) is 101 cm³/mol. The maximum atomic E-state index is 12.5. The first kappa shape index (κ1) is 19.5. The number of aromatic nitrogens is 2. The molecule has 0 aliphatic rings. The number of benzene rings is 1. The van der Waals surface area contributed by atoms with Gasteiger partial charge in [0.05, 0.1) is 18.4 Å². The SMILES string of the molecule is COc1cccc(NC(=O)C(C)(C)C)c1-c1nc(SC)[nH]c(=O)c1C#N. The van der Waals surface area contributed by atoms with E-state index in [9.17, 15) is 14.9 Å². The van der Waals surface area contributed by atoms with E-state index >= 15 is 0 Å². The second-order valence-electron chi connectivity index (χ2n) is 6.50. The first-order chi connectivity index (χ1) is 12.2. The average Bonchev–Trinajstić information content (AvgIpc) is 2.59. The van der Waals surface area contributed by atoms with Crippen LogP contribution in [-0.4, -0.2) is 29.2 Å². The van der Waals surface area contributed by atoms with Gasteiger partial charge in [0.25, 0.3) is 5.56 Å². The number of anilines is 1. The van der Waals surface area contributed by atoms with Crippen molar-refractivity contribution >= 4 is 23.4 Å². The Bertz CT molecular complexity index is 939. The smallest absolute Gasteiger partial charge is 0.270 e. The molecule has 2 rings (SSSR count). The molecule has 1 heterocycles. The summed E-state index contributed by atoms with van der Waals surface area (Å²) >= 11 is 1.24. The molecular weight excluding hydrogens is 352 g/mol. The molecule has 1 aromatic heterocycles. The van der Waals surface area contributed by atoms with Crippen LogP contribution in [-0.2, 0) is 4.79 Å². The molecule has 0 unspecified atom stereocenters. The Kier molecular flexibility index (Phi) is 5.73. The molecule has 1 aromatic carbocycles. The van der Waals surface area contributed by atoms with E-state index in [0.717, 1.165) is 0 Å². The highest BCUT2D eigenvalue weighted by molar-refractivity contribution is 7.98. The number of ether oxygens (including phenoxy) is 1. The highest BCUT2D eigenvalue weighted by Crippen LogP contribution is 2.37. The number of carbonyl (C=O) groups is 1. The number of nitrogens with zero attached hydrogens (tertiary/aromatic N) is 2. The summed E-state index contributed by atoms with van der Waals surface area (Å²) in [4.78, 5) is 31.6. The van der Waals surface area contributed by atoms with Gasteiger partial charge in [0.1, 0.15) is 23.1 Å². The summed E-state index contributed by atoms with van der Waals surface area (Å²) in [6, 6.07) is 6.98. The summed E-state index contributed by atoms with van der Waals surface area (Å²) in [7, 11) is 1.48. The van der Waals surface area contributed by atoms with Crippen molar-refractivity contribution in [3.05, 3.63) is 34.1 Å². The molecule has 0 radical (unpaired) electrons. The van der Waals surface area contributed by atoms with Crippen LogP contribution in [0.15, 0.2) is 28.2 Å². The molecule has 2 aromatic rings. The topological polar surface area (TPSA) is 108 Å². The fourth-order valence-corrected chi connectivity index (χ4v) is 2.57. The van der Waals surface area contributed by atoms with Gasteiger partial charge in [-0.15, -0.1) is 0 Å². The van der Waals surface area contributed by atoms with Crippen molar-refractivity contribution in [2.75, 3.05) is 18.7 Å². The van der Waals surface area contributed by atoms with Gasteiger partial charge in [0.15, 0.2) is 5.16 Å². The third-order valence-corrected chi connectivity index (χ3v) is 4.20. The number of H-pyrrole nitrogens is 1.